The number of hydrogen-bond acceptors (Lipinski definition) is 3. The third-order valence-corrected chi connectivity index (χ3v) is 1.56. The Morgan fingerprint density at radius 1 is 1.42 bits per heavy atom. The minimum absolute atomic E-state index is 0.0150. The highest BCUT2D eigenvalue weighted by atomic mass is 19.1. The summed E-state index contributed by atoms with van der Waals surface area (Å²) in [5.74, 6) is -0.165. The lowest BCUT2D eigenvalue weighted by atomic mass is 10.2. The van der Waals surface area contributed by atoms with E-state index in [9.17, 15) is 4.39 Å². The molecule has 0 N–H and O–H groups in total. The second kappa shape index (κ2) is 2.38. The maximum atomic E-state index is 13.0. The Morgan fingerprint density at radius 2 is 2.25 bits per heavy atom. The zero-order chi connectivity index (χ0) is 8.55. The zero-order valence-corrected chi connectivity index (χ0v) is 6.00. The standard InChI is InChI=1S/C8H4FNO2/c9-6-1-5(3-10)2-7-8(6)12-4-11-7/h1-2H,4H2. The van der Waals surface area contributed by atoms with Crippen LogP contribution in [0.25, 0.3) is 0 Å². The predicted molar refractivity (Wildman–Crippen MR) is 37.2 cm³/mol. The van der Waals surface area contributed by atoms with Gasteiger partial charge in [0.1, 0.15) is 0 Å². The summed E-state index contributed by atoms with van der Waals surface area (Å²) in [6.07, 6.45) is 0. The molecule has 1 aromatic rings. The Balaban J connectivity index is 2.60. The molecule has 0 fully saturated rings. The van der Waals surface area contributed by atoms with E-state index >= 15 is 0 Å². The number of nitriles is 1. The van der Waals surface area contributed by atoms with Crippen molar-refractivity contribution in [2.75, 3.05) is 6.79 Å². The smallest absolute Gasteiger partial charge is 0.231 e. The van der Waals surface area contributed by atoms with Gasteiger partial charge in [-0.1, -0.05) is 0 Å². The van der Waals surface area contributed by atoms with Crippen LogP contribution in [0.1, 0.15) is 5.56 Å². The van der Waals surface area contributed by atoms with E-state index in [1.807, 2.05) is 6.07 Å². The molecule has 0 aromatic heterocycles. The second-order valence-electron chi connectivity index (χ2n) is 2.30. The highest BCUT2D eigenvalue weighted by Crippen LogP contribution is 2.35. The van der Waals surface area contributed by atoms with Gasteiger partial charge in [-0.15, -0.1) is 0 Å². The molecule has 2 rings (SSSR count). The van der Waals surface area contributed by atoms with Gasteiger partial charge in [0.25, 0.3) is 0 Å². The van der Waals surface area contributed by atoms with Crippen molar-refractivity contribution in [3.63, 3.8) is 0 Å². The Morgan fingerprint density at radius 3 is 3.00 bits per heavy atom. The van der Waals surface area contributed by atoms with Gasteiger partial charge in [0.2, 0.25) is 12.5 Å². The molecule has 0 saturated heterocycles. The zero-order valence-electron chi connectivity index (χ0n) is 6.00. The maximum Gasteiger partial charge on any atom is 0.231 e. The van der Waals surface area contributed by atoms with Crippen LogP contribution in [0.3, 0.4) is 0 Å². The van der Waals surface area contributed by atoms with E-state index < -0.39 is 5.82 Å². The molecule has 0 saturated carbocycles. The lowest BCUT2D eigenvalue weighted by Gasteiger charge is -1.96. The molecule has 0 unspecified atom stereocenters. The van der Waals surface area contributed by atoms with Crippen LogP contribution in [-0.2, 0) is 0 Å². The van der Waals surface area contributed by atoms with Gasteiger partial charge in [-0.2, -0.15) is 5.26 Å². The topological polar surface area (TPSA) is 42.2 Å². The fourth-order valence-electron chi connectivity index (χ4n) is 1.03. The summed E-state index contributed by atoms with van der Waals surface area (Å²) < 4.78 is 22.7. The molecular weight excluding hydrogens is 161 g/mol. The predicted octanol–water partition coefficient (Wildman–Crippen LogP) is 1.43. The molecule has 3 nitrogen and oxygen atoms in total. The molecule has 0 aliphatic carbocycles. The minimum Gasteiger partial charge on any atom is -0.453 e. The normalized spacial score (nSPS) is 12.7. The number of ether oxygens (including phenoxy) is 2. The number of halogens is 1. The summed E-state index contributed by atoms with van der Waals surface area (Å²) >= 11 is 0. The van der Waals surface area contributed by atoms with Crippen LogP contribution in [0.4, 0.5) is 4.39 Å². The van der Waals surface area contributed by atoms with Gasteiger partial charge >= 0.3 is 0 Å². The van der Waals surface area contributed by atoms with E-state index in [2.05, 4.69) is 0 Å². The molecule has 4 heteroatoms. The van der Waals surface area contributed by atoms with Crippen LogP contribution in [0.5, 0.6) is 11.5 Å². The van der Waals surface area contributed by atoms with Crippen molar-refractivity contribution >= 4 is 0 Å². The highest BCUT2D eigenvalue weighted by molar-refractivity contribution is 5.49. The molecule has 1 aliphatic rings. The van der Waals surface area contributed by atoms with E-state index in [1.54, 1.807) is 0 Å². The van der Waals surface area contributed by atoms with Gasteiger partial charge in [0, 0.05) is 6.07 Å². The van der Waals surface area contributed by atoms with Crippen molar-refractivity contribution in [1.82, 2.24) is 0 Å². The van der Waals surface area contributed by atoms with Crippen LogP contribution < -0.4 is 9.47 Å². The van der Waals surface area contributed by atoms with Crippen LogP contribution in [0.15, 0.2) is 12.1 Å². The molecule has 60 valence electrons. The number of rotatable bonds is 0. The molecular formula is C8H4FNO2. The number of hydrogen-bond donors (Lipinski definition) is 0. The van der Waals surface area contributed by atoms with E-state index in [0.717, 1.165) is 6.07 Å². The first-order valence-corrected chi connectivity index (χ1v) is 3.30. The Kier molecular flexibility index (Phi) is 1.37. The lowest BCUT2D eigenvalue weighted by molar-refractivity contribution is 0.171. The van der Waals surface area contributed by atoms with Gasteiger partial charge in [0.05, 0.1) is 11.6 Å². The molecule has 0 bridgehead atoms. The fourth-order valence-corrected chi connectivity index (χ4v) is 1.03. The molecule has 1 aromatic carbocycles. The Bertz CT molecular complexity index is 370. The summed E-state index contributed by atoms with van der Waals surface area (Å²) in [5.41, 5.74) is 0.233. The quantitative estimate of drug-likeness (QED) is 0.583. The fraction of sp³-hybridized carbons (Fsp3) is 0.125. The van der Waals surface area contributed by atoms with Gasteiger partial charge in [-0.3, -0.25) is 0 Å². The summed E-state index contributed by atoms with van der Waals surface area (Å²) in [7, 11) is 0. The monoisotopic (exact) mass is 165 g/mol. The molecule has 0 atom stereocenters. The number of nitrogens with zero attached hydrogens (tertiary/aromatic N) is 1. The SMILES string of the molecule is N#Cc1cc(F)c2c(c1)OCO2. The number of benzene rings is 1. The van der Waals surface area contributed by atoms with E-state index in [1.165, 1.54) is 6.07 Å². The van der Waals surface area contributed by atoms with Crippen LogP contribution in [0, 0.1) is 17.1 Å². The van der Waals surface area contributed by atoms with Crippen molar-refractivity contribution in [3.8, 4) is 17.6 Å². The van der Waals surface area contributed by atoms with Gasteiger partial charge in [-0.25, -0.2) is 4.39 Å². The maximum absolute atomic E-state index is 13.0. The van der Waals surface area contributed by atoms with Crippen LogP contribution >= 0.6 is 0 Å². The Hall–Kier alpha value is -1.76. The van der Waals surface area contributed by atoms with E-state index in [-0.39, 0.29) is 18.1 Å². The van der Waals surface area contributed by atoms with E-state index in [0.29, 0.717) is 5.75 Å². The highest BCUT2D eigenvalue weighted by Gasteiger charge is 2.19. The molecule has 1 heterocycles. The minimum atomic E-state index is -0.554. The molecule has 0 radical (unpaired) electrons. The van der Waals surface area contributed by atoms with Crippen molar-refractivity contribution in [2.24, 2.45) is 0 Å². The summed E-state index contributed by atoms with van der Waals surface area (Å²) in [6, 6.07) is 4.39. The first-order chi connectivity index (χ1) is 5.81. The molecule has 0 spiro atoms. The largest absolute Gasteiger partial charge is 0.453 e. The molecule has 12 heavy (non-hydrogen) atoms. The summed E-state index contributed by atoms with van der Waals surface area (Å²) in [6.45, 7) is 0.0150. The Labute approximate surface area is 67.9 Å². The third-order valence-electron chi connectivity index (χ3n) is 1.56. The average molecular weight is 165 g/mol. The first kappa shape index (κ1) is 6.92. The van der Waals surface area contributed by atoms with Gasteiger partial charge < -0.3 is 9.47 Å². The lowest BCUT2D eigenvalue weighted by Crippen LogP contribution is -1.93. The van der Waals surface area contributed by atoms with Crippen molar-refractivity contribution < 1.29 is 13.9 Å². The average Bonchev–Trinajstić information content (AvgIpc) is 2.52. The molecule has 1 aliphatic heterocycles. The van der Waals surface area contributed by atoms with Crippen LogP contribution in [0.2, 0.25) is 0 Å². The summed E-state index contributed by atoms with van der Waals surface area (Å²) in [4.78, 5) is 0. The second-order valence-corrected chi connectivity index (χ2v) is 2.30. The van der Waals surface area contributed by atoms with Crippen molar-refractivity contribution in [3.05, 3.63) is 23.5 Å². The van der Waals surface area contributed by atoms with Crippen molar-refractivity contribution in [2.45, 2.75) is 0 Å². The van der Waals surface area contributed by atoms with E-state index in [4.69, 9.17) is 14.7 Å². The number of fused-ring (bicyclic) bond motifs is 1. The van der Waals surface area contributed by atoms with Gasteiger partial charge in [0.15, 0.2) is 11.6 Å². The van der Waals surface area contributed by atoms with Crippen LogP contribution in [-0.4, -0.2) is 6.79 Å². The summed E-state index contributed by atoms with van der Waals surface area (Å²) in [5, 5.41) is 8.48. The first-order valence-electron chi connectivity index (χ1n) is 3.30. The molecule has 0 amide bonds. The van der Waals surface area contributed by atoms with Crippen molar-refractivity contribution in [1.29, 1.82) is 5.26 Å². The van der Waals surface area contributed by atoms with Gasteiger partial charge in [-0.05, 0) is 6.07 Å². The third kappa shape index (κ3) is 0.873.